The van der Waals surface area contributed by atoms with Gasteiger partial charge in [0, 0.05) is 39.3 Å². The number of morpholine rings is 1. The quantitative estimate of drug-likeness (QED) is 0.640. The molecule has 0 spiro atoms. The Bertz CT molecular complexity index is 1030. The number of sulfonamides is 1. The second kappa shape index (κ2) is 11.2. The van der Waals surface area contributed by atoms with Gasteiger partial charge in [-0.3, -0.25) is 9.69 Å². The molecule has 0 radical (unpaired) electrons. The molecule has 7 nitrogen and oxygen atoms in total. The predicted molar refractivity (Wildman–Crippen MR) is 127 cm³/mol. The molecule has 0 saturated carbocycles. The zero-order valence-corrected chi connectivity index (χ0v) is 19.9. The van der Waals surface area contributed by atoms with Gasteiger partial charge < -0.3 is 10.1 Å². The summed E-state index contributed by atoms with van der Waals surface area (Å²) in [6.45, 7) is 5.85. The Morgan fingerprint density at radius 2 is 1.55 bits per heavy atom. The van der Waals surface area contributed by atoms with Gasteiger partial charge in [0.15, 0.2) is 0 Å². The van der Waals surface area contributed by atoms with E-state index in [0.717, 1.165) is 63.2 Å². The number of benzene rings is 2. The highest BCUT2D eigenvalue weighted by molar-refractivity contribution is 7.89. The van der Waals surface area contributed by atoms with Gasteiger partial charge in [-0.2, -0.15) is 4.31 Å². The lowest BCUT2D eigenvalue weighted by Gasteiger charge is -2.27. The van der Waals surface area contributed by atoms with Crippen molar-refractivity contribution in [2.75, 3.05) is 39.4 Å². The smallest absolute Gasteiger partial charge is 0.243 e. The third-order valence-electron chi connectivity index (χ3n) is 6.33. The van der Waals surface area contributed by atoms with Crippen LogP contribution in [-0.2, 0) is 39.1 Å². The topological polar surface area (TPSA) is 79.0 Å². The molecule has 8 heteroatoms. The first-order valence-corrected chi connectivity index (χ1v) is 13.2. The minimum absolute atomic E-state index is 0.0807. The molecule has 0 atom stereocenters. The van der Waals surface area contributed by atoms with Gasteiger partial charge in [0.2, 0.25) is 15.9 Å². The highest BCUT2D eigenvalue weighted by atomic mass is 32.2. The summed E-state index contributed by atoms with van der Waals surface area (Å²) in [5, 5.41) is 3.01. The van der Waals surface area contributed by atoms with Crippen molar-refractivity contribution >= 4 is 15.9 Å². The lowest BCUT2D eigenvalue weighted by atomic mass is 10.1. The van der Waals surface area contributed by atoms with Crippen LogP contribution >= 0.6 is 0 Å². The summed E-state index contributed by atoms with van der Waals surface area (Å²) in [5.41, 5.74) is 3.12. The molecule has 2 aromatic rings. The molecule has 1 amide bonds. The van der Waals surface area contributed by atoms with Gasteiger partial charge in [0.1, 0.15) is 0 Å². The van der Waals surface area contributed by atoms with Crippen molar-refractivity contribution in [2.45, 2.75) is 43.7 Å². The van der Waals surface area contributed by atoms with Crippen LogP contribution in [0.15, 0.2) is 53.4 Å². The van der Waals surface area contributed by atoms with E-state index in [1.807, 2.05) is 12.1 Å². The number of hydrogen-bond donors (Lipinski definition) is 1. The molecular weight excluding hydrogens is 438 g/mol. The zero-order valence-electron chi connectivity index (χ0n) is 19.0. The monoisotopic (exact) mass is 471 g/mol. The molecule has 0 aromatic heterocycles. The third-order valence-corrected chi connectivity index (χ3v) is 8.25. The Hall–Kier alpha value is -2.26. The lowest BCUT2D eigenvalue weighted by Crippen LogP contribution is -2.36. The molecule has 1 N–H and O–H groups in total. The Morgan fingerprint density at radius 1 is 0.879 bits per heavy atom. The first-order chi connectivity index (χ1) is 16.0. The molecule has 0 unspecified atom stereocenters. The van der Waals surface area contributed by atoms with Crippen LogP contribution in [0.2, 0.25) is 0 Å². The third kappa shape index (κ3) is 6.41. The number of rotatable bonds is 8. The van der Waals surface area contributed by atoms with Crippen LogP contribution in [0.3, 0.4) is 0 Å². The maximum Gasteiger partial charge on any atom is 0.243 e. The number of nitrogens with zero attached hydrogens (tertiary/aromatic N) is 2. The van der Waals surface area contributed by atoms with E-state index in [-0.39, 0.29) is 12.3 Å². The van der Waals surface area contributed by atoms with Gasteiger partial charge >= 0.3 is 0 Å². The first-order valence-electron chi connectivity index (χ1n) is 11.7. The minimum Gasteiger partial charge on any atom is -0.379 e. The number of piperidine rings is 1. The summed E-state index contributed by atoms with van der Waals surface area (Å²) >= 11 is 0. The Kier molecular flexibility index (Phi) is 8.14. The van der Waals surface area contributed by atoms with Crippen molar-refractivity contribution in [1.82, 2.24) is 14.5 Å². The van der Waals surface area contributed by atoms with Gasteiger partial charge in [-0.15, -0.1) is 0 Å². The first kappa shape index (κ1) is 23.9. The van der Waals surface area contributed by atoms with Gasteiger partial charge in [-0.25, -0.2) is 8.42 Å². The molecule has 33 heavy (non-hydrogen) atoms. The van der Waals surface area contributed by atoms with Gasteiger partial charge in [0.25, 0.3) is 0 Å². The van der Waals surface area contributed by atoms with E-state index in [9.17, 15) is 13.2 Å². The van der Waals surface area contributed by atoms with Gasteiger partial charge in [-0.05, 0) is 41.7 Å². The van der Waals surface area contributed by atoms with Crippen molar-refractivity contribution in [3.05, 3.63) is 65.2 Å². The number of carbonyl (C=O) groups excluding carboxylic acids is 1. The fraction of sp³-hybridized carbons (Fsp3) is 0.480. The van der Waals surface area contributed by atoms with Crippen LogP contribution in [0.5, 0.6) is 0 Å². The van der Waals surface area contributed by atoms with Gasteiger partial charge in [-0.1, -0.05) is 42.8 Å². The van der Waals surface area contributed by atoms with Crippen LogP contribution in [0.4, 0.5) is 0 Å². The molecule has 2 fully saturated rings. The van der Waals surface area contributed by atoms with Crippen LogP contribution < -0.4 is 5.32 Å². The molecule has 2 aromatic carbocycles. The zero-order chi connectivity index (χ0) is 23.1. The maximum atomic E-state index is 12.8. The largest absolute Gasteiger partial charge is 0.379 e. The van der Waals surface area contributed by atoms with Crippen molar-refractivity contribution in [3.63, 3.8) is 0 Å². The average Bonchev–Trinajstić information content (AvgIpc) is 2.85. The molecule has 0 bridgehead atoms. The van der Waals surface area contributed by atoms with E-state index in [1.165, 1.54) is 5.56 Å². The molecule has 178 valence electrons. The average molecular weight is 472 g/mol. The molecule has 2 aliphatic heterocycles. The summed E-state index contributed by atoms with van der Waals surface area (Å²) < 4.78 is 32.6. The second-order valence-corrected chi connectivity index (χ2v) is 10.7. The standard InChI is InChI=1S/C25H33N3O4S/c29-25(26-19-22-6-2-3-7-23(22)20-27-14-16-32-17-15-27)18-21-8-10-24(11-9-21)33(30,31)28-12-4-1-5-13-28/h2-3,6-11H,1,4-5,12-20H2,(H,26,29). The Balaban J connectivity index is 1.31. The number of ether oxygens (including phenoxy) is 1. The fourth-order valence-electron chi connectivity index (χ4n) is 4.36. The minimum atomic E-state index is -3.45. The van der Waals surface area contributed by atoms with Crippen LogP contribution in [0.1, 0.15) is 36.0 Å². The number of amides is 1. The van der Waals surface area contributed by atoms with Crippen molar-refractivity contribution in [3.8, 4) is 0 Å². The molecule has 0 aliphatic carbocycles. The molecule has 4 rings (SSSR count). The van der Waals surface area contributed by atoms with E-state index in [1.54, 1.807) is 28.6 Å². The predicted octanol–water partition coefficient (Wildman–Crippen LogP) is 2.55. The van der Waals surface area contributed by atoms with Crippen LogP contribution in [0.25, 0.3) is 0 Å². The Labute approximate surface area is 196 Å². The van der Waals surface area contributed by atoms with Crippen LogP contribution in [-0.4, -0.2) is 62.9 Å². The van der Waals surface area contributed by atoms with Gasteiger partial charge in [0.05, 0.1) is 24.5 Å². The number of nitrogens with one attached hydrogen (secondary N) is 1. The molecular formula is C25H33N3O4S. The van der Waals surface area contributed by atoms with Crippen LogP contribution in [0, 0.1) is 0 Å². The Morgan fingerprint density at radius 3 is 2.24 bits per heavy atom. The van der Waals surface area contributed by atoms with E-state index < -0.39 is 10.0 Å². The molecule has 2 aliphatic rings. The van der Waals surface area contributed by atoms with E-state index in [2.05, 4.69) is 22.3 Å². The summed E-state index contributed by atoms with van der Waals surface area (Å²) in [6, 6.07) is 14.9. The summed E-state index contributed by atoms with van der Waals surface area (Å²) in [4.78, 5) is 15.2. The number of carbonyl (C=O) groups is 1. The van der Waals surface area contributed by atoms with E-state index in [0.29, 0.717) is 24.5 Å². The summed E-state index contributed by atoms with van der Waals surface area (Å²) in [5.74, 6) is -0.0807. The van der Waals surface area contributed by atoms with Crippen molar-refractivity contribution in [2.24, 2.45) is 0 Å². The van der Waals surface area contributed by atoms with E-state index >= 15 is 0 Å². The van der Waals surface area contributed by atoms with Crippen molar-refractivity contribution < 1.29 is 17.9 Å². The normalized spacial score (nSPS) is 18.2. The number of hydrogen-bond acceptors (Lipinski definition) is 5. The highest BCUT2D eigenvalue weighted by Gasteiger charge is 2.25. The molecule has 2 saturated heterocycles. The molecule has 2 heterocycles. The highest BCUT2D eigenvalue weighted by Crippen LogP contribution is 2.21. The SMILES string of the molecule is O=C(Cc1ccc(S(=O)(=O)N2CCCCC2)cc1)NCc1ccccc1CN1CCOCC1. The lowest BCUT2D eigenvalue weighted by molar-refractivity contribution is -0.120. The fourth-order valence-corrected chi connectivity index (χ4v) is 5.88. The second-order valence-electron chi connectivity index (χ2n) is 8.72. The summed E-state index contributed by atoms with van der Waals surface area (Å²) in [6.07, 6.45) is 3.12. The summed E-state index contributed by atoms with van der Waals surface area (Å²) in [7, 11) is -3.45. The van der Waals surface area contributed by atoms with Crippen molar-refractivity contribution in [1.29, 1.82) is 0 Å². The van der Waals surface area contributed by atoms with E-state index in [4.69, 9.17) is 4.74 Å². The maximum absolute atomic E-state index is 12.8.